The van der Waals surface area contributed by atoms with Gasteiger partial charge in [0.1, 0.15) is 0 Å². The first-order valence-electron chi connectivity index (χ1n) is 9.45. The fraction of sp³-hybridized carbons (Fsp3) is 0.250. The molecule has 2 aromatic carbocycles. The van der Waals surface area contributed by atoms with E-state index in [1.165, 1.54) is 0 Å². The van der Waals surface area contributed by atoms with Crippen molar-refractivity contribution in [2.24, 2.45) is 4.99 Å². The summed E-state index contributed by atoms with van der Waals surface area (Å²) in [6.45, 7) is 8.64. The highest BCUT2D eigenvalue weighted by Crippen LogP contribution is 2.37. The third-order valence-corrected chi connectivity index (χ3v) is 5.08. The second-order valence-corrected chi connectivity index (χ2v) is 8.33. The van der Waals surface area contributed by atoms with Gasteiger partial charge in [0.15, 0.2) is 0 Å². The van der Waals surface area contributed by atoms with Crippen molar-refractivity contribution >= 4 is 35.1 Å². The van der Waals surface area contributed by atoms with Crippen molar-refractivity contribution in [3.05, 3.63) is 81.5 Å². The number of aromatic nitrogens is 1. The molecule has 0 amide bonds. The minimum atomic E-state index is 0.330. The number of nitrogens with zero attached hydrogens (tertiary/aromatic N) is 2. The lowest BCUT2D eigenvalue weighted by molar-refractivity contribution is 0.835. The summed E-state index contributed by atoms with van der Waals surface area (Å²) in [6.07, 6.45) is 1.83. The van der Waals surface area contributed by atoms with Crippen LogP contribution in [0, 0.1) is 0 Å². The highest BCUT2D eigenvalue weighted by Gasteiger charge is 2.15. The Balaban J connectivity index is 2.00. The van der Waals surface area contributed by atoms with Gasteiger partial charge in [-0.3, -0.25) is 4.99 Å². The molecular weight excluding hydrogens is 387 g/mol. The smallest absolute Gasteiger partial charge is 0.0820 e. The number of pyridine rings is 1. The van der Waals surface area contributed by atoms with E-state index in [9.17, 15) is 0 Å². The third-order valence-electron chi connectivity index (χ3n) is 4.61. The summed E-state index contributed by atoms with van der Waals surface area (Å²) in [5.41, 5.74) is 6.03. The molecule has 1 heterocycles. The molecule has 0 aliphatic heterocycles. The Morgan fingerprint density at radius 1 is 0.821 bits per heavy atom. The van der Waals surface area contributed by atoms with E-state index in [1.54, 1.807) is 0 Å². The molecule has 1 aromatic heterocycles. The van der Waals surface area contributed by atoms with E-state index in [0.29, 0.717) is 16.9 Å². The van der Waals surface area contributed by atoms with Crippen molar-refractivity contribution in [1.82, 2.24) is 4.98 Å². The van der Waals surface area contributed by atoms with Crippen LogP contribution in [0.25, 0.3) is 11.3 Å². The van der Waals surface area contributed by atoms with Crippen molar-refractivity contribution in [3.8, 4) is 11.3 Å². The maximum absolute atomic E-state index is 6.35. The first kappa shape index (κ1) is 20.6. The van der Waals surface area contributed by atoms with E-state index in [4.69, 9.17) is 33.2 Å². The summed E-state index contributed by atoms with van der Waals surface area (Å²) in [5, 5.41) is 1.47. The van der Waals surface area contributed by atoms with Crippen LogP contribution in [0.2, 0.25) is 10.0 Å². The van der Waals surface area contributed by atoms with Gasteiger partial charge in [-0.2, -0.15) is 0 Å². The first-order chi connectivity index (χ1) is 13.3. The Labute approximate surface area is 177 Å². The highest BCUT2D eigenvalue weighted by atomic mass is 35.5. The number of hydrogen-bond donors (Lipinski definition) is 0. The minimum Gasteiger partial charge on any atom is -0.254 e. The SMILES string of the molecule is CC(C)c1cc(Cl)cc(C(C)C)c1N=Cc1cccc(-c2ccc(Cl)cc2)n1. The third kappa shape index (κ3) is 4.81. The molecule has 4 heteroatoms. The van der Waals surface area contributed by atoms with Crippen LogP contribution in [-0.4, -0.2) is 11.2 Å². The van der Waals surface area contributed by atoms with Gasteiger partial charge in [0.05, 0.1) is 23.3 Å². The molecule has 0 N–H and O–H groups in total. The van der Waals surface area contributed by atoms with Crippen molar-refractivity contribution in [2.75, 3.05) is 0 Å². The van der Waals surface area contributed by atoms with Gasteiger partial charge in [-0.05, 0) is 59.4 Å². The topological polar surface area (TPSA) is 25.2 Å². The molecule has 0 saturated heterocycles. The van der Waals surface area contributed by atoms with Gasteiger partial charge in [0.2, 0.25) is 0 Å². The summed E-state index contributed by atoms with van der Waals surface area (Å²) in [4.78, 5) is 9.58. The van der Waals surface area contributed by atoms with Crippen molar-refractivity contribution < 1.29 is 0 Å². The van der Waals surface area contributed by atoms with E-state index in [-0.39, 0.29) is 0 Å². The van der Waals surface area contributed by atoms with E-state index in [0.717, 1.165) is 38.8 Å². The zero-order valence-corrected chi connectivity index (χ0v) is 18.1. The lowest BCUT2D eigenvalue weighted by atomic mass is 9.93. The van der Waals surface area contributed by atoms with Crippen LogP contribution in [0.15, 0.2) is 59.6 Å². The Morgan fingerprint density at radius 2 is 1.43 bits per heavy atom. The largest absolute Gasteiger partial charge is 0.254 e. The molecule has 0 aliphatic carbocycles. The van der Waals surface area contributed by atoms with Gasteiger partial charge in [0.25, 0.3) is 0 Å². The summed E-state index contributed by atoms with van der Waals surface area (Å²) in [6, 6.07) is 17.7. The molecule has 3 aromatic rings. The average Bonchev–Trinajstić information content (AvgIpc) is 2.67. The normalized spacial score (nSPS) is 11.7. The molecule has 0 aliphatic rings. The highest BCUT2D eigenvalue weighted by molar-refractivity contribution is 6.31. The fourth-order valence-electron chi connectivity index (χ4n) is 3.11. The van der Waals surface area contributed by atoms with Gasteiger partial charge in [-0.15, -0.1) is 0 Å². The average molecular weight is 411 g/mol. The molecular formula is C24H24Cl2N2. The van der Waals surface area contributed by atoms with Crippen LogP contribution in [-0.2, 0) is 0 Å². The first-order valence-corrected chi connectivity index (χ1v) is 10.2. The second-order valence-electron chi connectivity index (χ2n) is 7.46. The molecule has 0 saturated carbocycles. The quantitative estimate of drug-likeness (QED) is 0.390. The maximum atomic E-state index is 6.35. The Hall–Kier alpha value is -2.16. The fourth-order valence-corrected chi connectivity index (χ4v) is 3.47. The number of halogens is 2. The Kier molecular flexibility index (Phi) is 6.53. The summed E-state index contributed by atoms with van der Waals surface area (Å²) in [5.74, 6) is 0.661. The molecule has 0 fully saturated rings. The zero-order chi connectivity index (χ0) is 20.3. The Morgan fingerprint density at radius 3 is 2.00 bits per heavy atom. The molecule has 28 heavy (non-hydrogen) atoms. The van der Waals surface area contributed by atoms with Crippen LogP contribution in [0.5, 0.6) is 0 Å². The lowest BCUT2D eigenvalue weighted by Gasteiger charge is -2.17. The molecule has 0 unspecified atom stereocenters. The number of hydrogen-bond acceptors (Lipinski definition) is 2. The monoisotopic (exact) mass is 410 g/mol. The van der Waals surface area contributed by atoms with Crippen molar-refractivity contribution in [1.29, 1.82) is 0 Å². The zero-order valence-electron chi connectivity index (χ0n) is 16.6. The van der Waals surface area contributed by atoms with Crippen LogP contribution in [0.1, 0.15) is 56.4 Å². The van der Waals surface area contributed by atoms with Gasteiger partial charge in [-0.1, -0.05) is 69.1 Å². The molecule has 0 atom stereocenters. The number of rotatable bonds is 5. The van der Waals surface area contributed by atoms with Crippen molar-refractivity contribution in [3.63, 3.8) is 0 Å². The van der Waals surface area contributed by atoms with Gasteiger partial charge in [0, 0.05) is 15.6 Å². The van der Waals surface area contributed by atoms with Crippen molar-refractivity contribution in [2.45, 2.75) is 39.5 Å². The number of aliphatic imine (C=N–C) groups is 1. The van der Waals surface area contributed by atoms with Gasteiger partial charge >= 0.3 is 0 Å². The van der Waals surface area contributed by atoms with Crippen LogP contribution in [0.4, 0.5) is 5.69 Å². The van der Waals surface area contributed by atoms with Gasteiger partial charge in [-0.25, -0.2) is 4.98 Å². The van der Waals surface area contributed by atoms with Gasteiger partial charge < -0.3 is 0 Å². The molecule has 0 bridgehead atoms. The van der Waals surface area contributed by atoms with E-state index in [1.807, 2.05) is 60.8 Å². The molecule has 144 valence electrons. The minimum absolute atomic E-state index is 0.330. The summed E-state index contributed by atoms with van der Waals surface area (Å²) >= 11 is 12.3. The standard InChI is InChI=1S/C24H24Cl2N2/c1-15(2)21-12-19(26)13-22(16(3)4)24(21)27-14-20-6-5-7-23(28-20)17-8-10-18(25)11-9-17/h5-16H,1-4H3. The van der Waals surface area contributed by atoms with E-state index < -0.39 is 0 Å². The predicted molar refractivity (Wildman–Crippen MR) is 122 cm³/mol. The van der Waals surface area contributed by atoms with E-state index >= 15 is 0 Å². The Bertz CT molecular complexity index is 961. The predicted octanol–water partition coefficient (Wildman–Crippen LogP) is 8.05. The second kappa shape index (κ2) is 8.89. The lowest BCUT2D eigenvalue weighted by Crippen LogP contribution is -1.97. The molecule has 3 rings (SSSR count). The van der Waals surface area contributed by atoms with Crippen LogP contribution in [0.3, 0.4) is 0 Å². The summed E-state index contributed by atoms with van der Waals surface area (Å²) < 4.78 is 0. The maximum Gasteiger partial charge on any atom is 0.0820 e. The number of benzene rings is 2. The molecule has 0 radical (unpaired) electrons. The summed E-state index contributed by atoms with van der Waals surface area (Å²) in [7, 11) is 0. The molecule has 0 spiro atoms. The van der Waals surface area contributed by atoms with Crippen LogP contribution < -0.4 is 0 Å². The molecule has 2 nitrogen and oxygen atoms in total. The van der Waals surface area contributed by atoms with E-state index in [2.05, 4.69) is 27.7 Å². The van der Waals surface area contributed by atoms with Crippen LogP contribution >= 0.6 is 23.2 Å².